The molecule has 4 aromatic rings. The number of fused-ring (bicyclic) bond motifs is 1. The van der Waals surface area contributed by atoms with Crippen LogP contribution in [0.15, 0.2) is 54.9 Å². The fraction of sp³-hybridized carbons (Fsp3) is 0.345. The first kappa shape index (κ1) is 25.7. The first-order valence-corrected chi connectivity index (χ1v) is 14.0. The molecule has 2 fully saturated rings. The van der Waals surface area contributed by atoms with Gasteiger partial charge in [0.1, 0.15) is 5.75 Å². The number of amides is 2. The third-order valence-corrected chi connectivity index (χ3v) is 8.32. The maximum absolute atomic E-state index is 14.9. The van der Waals surface area contributed by atoms with Crippen molar-refractivity contribution >= 4 is 33.3 Å². The molecule has 0 spiro atoms. The largest absolute Gasteiger partial charge is 0.453 e. The van der Waals surface area contributed by atoms with E-state index in [0.29, 0.717) is 17.5 Å². The first-order valence-electron chi connectivity index (χ1n) is 13.2. The van der Waals surface area contributed by atoms with Crippen LogP contribution in [0.1, 0.15) is 24.8 Å². The van der Waals surface area contributed by atoms with Crippen molar-refractivity contribution in [2.75, 3.05) is 32.5 Å². The molecule has 2 N–H and O–H groups in total. The molecule has 8 nitrogen and oxygen atoms in total. The third kappa shape index (κ3) is 6.03. The highest BCUT2D eigenvalue weighted by Crippen LogP contribution is 2.39. The monoisotopic (exact) mass is 546 g/mol. The van der Waals surface area contributed by atoms with Crippen LogP contribution >= 0.6 is 11.3 Å². The number of nitrogens with one attached hydrogen (secondary N) is 2. The van der Waals surface area contributed by atoms with Crippen molar-refractivity contribution in [1.82, 2.24) is 25.1 Å². The Kier molecular flexibility index (Phi) is 7.16. The number of nitrogens with zero attached hydrogens (tertiary/aromatic N) is 4. The average Bonchev–Trinajstić information content (AvgIpc) is 3.41. The summed E-state index contributed by atoms with van der Waals surface area (Å²) in [4.78, 5) is 26.9. The van der Waals surface area contributed by atoms with Gasteiger partial charge in [0, 0.05) is 61.9 Å². The van der Waals surface area contributed by atoms with Crippen molar-refractivity contribution in [1.29, 1.82) is 0 Å². The van der Waals surface area contributed by atoms with Gasteiger partial charge in [-0.3, -0.25) is 14.9 Å². The summed E-state index contributed by atoms with van der Waals surface area (Å²) in [5, 5.41) is 5.48. The van der Waals surface area contributed by atoms with Gasteiger partial charge in [0.2, 0.25) is 0 Å². The number of rotatable bonds is 8. The van der Waals surface area contributed by atoms with Gasteiger partial charge in [-0.1, -0.05) is 6.07 Å². The van der Waals surface area contributed by atoms with E-state index in [-0.39, 0.29) is 17.8 Å². The average molecular weight is 547 g/mol. The molecular weight excluding hydrogens is 515 g/mol. The Hall–Kier alpha value is -3.60. The molecule has 202 valence electrons. The SMILES string of the molecule is CN(C)C1CCN(Cc2ccc(-c3cc4nccc(Oc5ccc(NC(=O)NC6CC6)cc5F)c4s3)nc2)C1. The molecular formula is C29H31FN6O2S. The standard InChI is InChI=1S/C29H31FN6O2S/c1-35(2)21-10-12-36(17-21)16-18-3-7-23(32-15-18)27-14-24-28(39-27)26(9-11-31-24)38-25-8-6-20(13-22(25)30)34-29(37)33-19-4-5-19/h3,6-9,11,13-15,19,21H,4-5,10,12,16-17H2,1-2H3,(H2,33,34,37). The molecule has 1 aliphatic carbocycles. The van der Waals surface area contributed by atoms with E-state index >= 15 is 0 Å². The lowest BCUT2D eigenvalue weighted by molar-refractivity contribution is 0.251. The van der Waals surface area contributed by atoms with Crippen LogP contribution in [0.3, 0.4) is 0 Å². The normalized spacial score (nSPS) is 17.6. The molecule has 39 heavy (non-hydrogen) atoms. The topological polar surface area (TPSA) is 82.6 Å². The number of urea groups is 1. The van der Waals surface area contributed by atoms with Gasteiger partial charge in [0.25, 0.3) is 0 Å². The van der Waals surface area contributed by atoms with Gasteiger partial charge in [-0.15, -0.1) is 11.3 Å². The lowest BCUT2D eigenvalue weighted by Crippen LogP contribution is -2.31. The van der Waals surface area contributed by atoms with Crippen LogP contribution in [0.4, 0.5) is 14.9 Å². The van der Waals surface area contributed by atoms with Crippen molar-refractivity contribution < 1.29 is 13.9 Å². The number of carbonyl (C=O) groups excluding carboxylic acids is 1. The summed E-state index contributed by atoms with van der Waals surface area (Å²) in [6.07, 6.45) is 6.76. The number of pyridine rings is 2. The Balaban J connectivity index is 1.15. The van der Waals surface area contributed by atoms with E-state index < -0.39 is 5.82 Å². The van der Waals surface area contributed by atoms with E-state index in [2.05, 4.69) is 45.6 Å². The number of thiophene rings is 1. The molecule has 1 aromatic carbocycles. The first-order chi connectivity index (χ1) is 18.9. The summed E-state index contributed by atoms with van der Waals surface area (Å²) in [5.74, 6) is 0.0306. The highest BCUT2D eigenvalue weighted by atomic mass is 32.1. The zero-order valence-corrected chi connectivity index (χ0v) is 22.8. The molecule has 0 radical (unpaired) electrons. The summed E-state index contributed by atoms with van der Waals surface area (Å²) >= 11 is 1.51. The summed E-state index contributed by atoms with van der Waals surface area (Å²) in [7, 11) is 4.28. The second-order valence-corrected chi connectivity index (χ2v) is 11.5. The van der Waals surface area contributed by atoms with Gasteiger partial charge in [-0.2, -0.15) is 0 Å². The summed E-state index contributed by atoms with van der Waals surface area (Å²) in [6.45, 7) is 3.08. The van der Waals surface area contributed by atoms with Crippen LogP contribution in [-0.2, 0) is 6.54 Å². The minimum Gasteiger partial charge on any atom is -0.453 e. The molecule has 10 heteroatoms. The number of benzene rings is 1. The van der Waals surface area contributed by atoms with Crippen LogP contribution < -0.4 is 15.4 Å². The van der Waals surface area contributed by atoms with E-state index in [1.807, 2.05) is 18.3 Å². The quantitative estimate of drug-likeness (QED) is 0.295. The number of anilines is 1. The molecule has 6 rings (SSSR count). The smallest absolute Gasteiger partial charge is 0.319 e. The van der Waals surface area contributed by atoms with Gasteiger partial charge < -0.3 is 20.3 Å². The highest BCUT2D eigenvalue weighted by Gasteiger charge is 2.24. The zero-order valence-electron chi connectivity index (χ0n) is 22.0. The Labute approximate surface area is 230 Å². The van der Waals surface area contributed by atoms with Crippen molar-refractivity contribution in [3.8, 4) is 22.1 Å². The van der Waals surface area contributed by atoms with Gasteiger partial charge >= 0.3 is 6.03 Å². The minimum atomic E-state index is -0.562. The maximum atomic E-state index is 14.9. The lowest BCUT2D eigenvalue weighted by atomic mass is 10.2. The maximum Gasteiger partial charge on any atom is 0.319 e. The molecule has 1 unspecified atom stereocenters. The van der Waals surface area contributed by atoms with Crippen molar-refractivity contribution in [3.63, 3.8) is 0 Å². The van der Waals surface area contributed by atoms with Crippen LogP contribution in [0.5, 0.6) is 11.5 Å². The fourth-order valence-electron chi connectivity index (χ4n) is 4.78. The van der Waals surface area contributed by atoms with Gasteiger partial charge in [0.05, 0.1) is 20.8 Å². The highest BCUT2D eigenvalue weighted by molar-refractivity contribution is 7.22. The van der Waals surface area contributed by atoms with Gasteiger partial charge in [-0.25, -0.2) is 9.18 Å². The minimum absolute atomic E-state index is 0.0755. The third-order valence-electron chi connectivity index (χ3n) is 7.16. The zero-order chi connectivity index (χ0) is 26.9. The van der Waals surface area contributed by atoms with Crippen LogP contribution in [0.25, 0.3) is 20.8 Å². The number of ether oxygens (including phenoxy) is 1. The van der Waals surface area contributed by atoms with Crippen molar-refractivity contribution in [3.05, 3.63) is 66.2 Å². The lowest BCUT2D eigenvalue weighted by Gasteiger charge is -2.20. The molecule has 2 aliphatic rings. The Bertz CT molecular complexity index is 1490. The van der Waals surface area contributed by atoms with Crippen LogP contribution in [-0.4, -0.2) is 65.1 Å². The number of hydrogen-bond donors (Lipinski definition) is 2. The molecule has 0 bridgehead atoms. The molecule has 4 heterocycles. The number of aromatic nitrogens is 2. The number of likely N-dealkylation sites (tertiary alicyclic amines) is 1. The molecule has 1 aliphatic heterocycles. The Morgan fingerprint density at radius 1 is 1.13 bits per heavy atom. The summed E-state index contributed by atoms with van der Waals surface area (Å²) < 4.78 is 21.6. The number of carbonyl (C=O) groups is 1. The Morgan fingerprint density at radius 3 is 2.72 bits per heavy atom. The molecule has 1 saturated carbocycles. The fourth-order valence-corrected chi connectivity index (χ4v) is 5.82. The number of likely N-dealkylation sites (N-methyl/N-ethyl adjacent to an activating group) is 1. The second kappa shape index (κ2) is 10.9. The van der Waals surface area contributed by atoms with Crippen molar-refractivity contribution in [2.24, 2.45) is 0 Å². The van der Waals surface area contributed by atoms with Crippen molar-refractivity contribution in [2.45, 2.75) is 37.9 Å². The molecule has 3 aromatic heterocycles. The number of halogens is 1. The summed E-state index contributed by atoms with van der Waals surface area (Å²) in [6, 6.07) is 12.8. The van der Waals surface area contributed by atoms with Crippen LogP contribution in [0.2, 0.25) is 0 Å². The molecule has 1 atom stereocenters. The predicted molar refractivity (Wildman–Crippen MR) is 152 cm³/mol. The second-order valence-electron chi connectivity index (χ2n) is 10.4. The molecule has 1 saturated heterocycles. The van der Waals surface area contributed by atoms with Gasteiger partial charge in [0.15, 0.2) is 11.6 Å². The summed E-state index contributed by atoms with van der Waals surface area (Å²) in [5.41, 5.74) is 3.19. The number of hydrogen-bond acceptors (Lipinski definition) is 7. The van der Waals surface area contributed by atoms with Gasteiger partial charge in [-0.05, 0) is 63.2 Å². The van der Waals surface area contributed by atoms with E-state index in [4.69, 9.17) is 9.72 Å². The van der Waals surface area contributed by atoms with E-state index in [0.717, 1.165) is 53.3 Å². The van der Waals surface area contributed by atoms with Crippen LogP contribution in [0, 0.1) is 5.82 Å². The Morgan fingerprint density at radius 2 is 2.00 bits per heavy atom. The van der Waals surface area contributed by atoms with E-state index in [1.54, 1.807) is 18.3 Å². The van der Waals surface area contributed by atoms with E-state index in [9.17, 15) is 9.18 Å². The predicted octanol–water partition coefficient (Wildman–Crippen LogP) is 5.71. The molecule has 2 amide bonds. The van der Waals surface area contributed by atoms with E-state index in [1.165, 1.54) is 35.5 Å².